The molecule has 0 N–H and O–H groups in total. The minimum Gasteiger partial charge on any atom is -0.449 e. The Morgan fingerprint density at radius 2 is 1.92 bits per heavy atom. The van der Waals surface area contributed by atoms with Crippen LogP contribution < -0.4 is 4.74 Å². The molecule has 0 bridgehead atoms. The van der Waals surface area contributed by atoms with Crippen LogP contribution in [0.15, 0.2) is 30.3 Å². The second-order valence-corrected chi connectivity index (χ2v) is 6.46. The van der Waals surface area contributed by atoms with Gasteiger partial charge in [0.05, 0.1) is 5.56 Å². The Labute approximate surface area is 141 Å². The molecular formula is C18H13ClF3NO. The molecule has 2 heterocycles. The average Bonchev–Trinajstić information content (AvgIpc) is 3.22. The van der Waals surface area contributed by atoms with Crippen LogP contribution >= 0.6 is 11.6 Å². The van der Waals surface area contributed by atoms with Crippen LogP contribution in [0.3, 0.4) is 0 Å². The van der Waals surface area contributed by atoms with Crippen molar-refractivity contribution in [3.63, 3.8) is 0 Å². The average molecular weight is 352 g/mol. The predicted octanol–water partition coefficient (Wildman–Crippen LogP) is 5.86. The van der Waals surface area contributed by atoms with E-state index in [-0.39, 0.29) is 0 Å². The third-order valence-electron chi connectivity index (χ3n) is 4.49. The fourth-order valence-corrected chi connectivity index (χ4v) is 3.32. The van der Waals surface area contributed by atoms with E-state index in [1.54, 1.807) is 24.6 Å². The number of rotatable bonds is 2. The van der Waals surface area contributed by atoms with E-state index in [0.717, 1.165) is 28.1 Å². The maximum absolute atomic E-state index is 13.1. The number of hydrogen-bond donors (Lipinski definition) is 0. The van der Waals surface area contributed by atoms with E-state index < -0.39 is 11.7 Å². The van der Waals surface area contributed by atoms with E-state index in [1.165, 1.54) is 12.1 Å². The zero-order valence-electron chi connectivity index (χ0n) is 13.0. The van der Waals surface area contributed by atoms with Crippen LogP contribution in [-0.2, 0) is 19.6 Å². The quantitative estimate of drug-likeness (QED) is 0.414. The molecule has 1 aliphatic heterocycles. The number of halogens is 4. The molecule has 0 saturated heterocycles. The molecule has 2 aromatic carbocycles. The Kier molecular flexibility index (Phi) is 3.16. The monoisotopic (exact) mass is 351 g/mol. The topological polar surface area (TPSA) is 17.5 Å². The van der Waals surface area contributed by atoms with Gasteiger partial charge in [0, 0.05) is 40.7 Å². The van der Waals surface area contributed by atoms with Crippen molar-refractivity contribution in [2.45, 2.75) is 19.5 Å². The number of aryl methyl sites for hydroxylation is 2. The summed E-state index contributed by atoms with van der Waals surface area (Å²) in [7, 11) is 1.77. The molecule has 4 rings (SSSR count). The van der Waals surface area contributed by atoms with Crippen molar-refractivity contribution in [2.75, 3.05) is 0 Å². The first-order chi connectivity index (χ1) is 11.3. The van der Waals surface area contributed by atoms with Gasteiger partial charge in [-0.3, -0.25) is 0 Å². The third-order valence-corrected chi connectivity index (χ3v) is 4.85. The van der Waals surface area contributed by atoms with Gasteiger partial charge in [-0.2, -0.15) is 13.2 Å². The van der Waals surface area contributed by atoms with Gasteiger partial charge < -0.3 is 9.30 Å². The Bertz CT molecular complexity index is 985. The van der Waals surface area contributed by atoms with E-state index in [2.05, 4.69) is 0 Å². The standard InChI is InChI=1S/C18H13ClF3NO/c1-9-5-10(18(20,21)22)6-15-12(9)7-11(23(15)2)8-13-14(19)3-4-16-17(13)24-16/h3-7H,8H2,1-2H3. The molecule has 0 amide bonds. The normalized spacial score (nSPS) is 13.1. The minimum absolute atomic E-state index is 0.508. The molecule has 0 radical (unpaired) electrons. The highest BCUT2D eigenvalue weighted by molar-refractivity contribution is 6.31. The lowest BCUT2D eigenvalue weighted by molar-refractivity contribution is -0.137. The second kappa shape index (κ2) is 4.93. The van der Waals surface area contributed by atoms with Crippen molar-refractivity contribution in [3.8, 4) is 11.5 Å². The van der Waals surface area contributed by atoms with Crippen LogP contribution in [0.1, 0.15) is 22.4 Å². The fourth-order valence-electron chi connectivity index (χ4n) is 3.10. The fraction of sp³-hybridized carbons (Fsp3) is 0.222. The number of aromatic nitrogens is 1. The van der Waals surface area contributed by atoms with Gasteiger partial charge in [-0.05, 0) is 42.8 Å². The summed E-state index contributed by atoms with van der Waals surface area (Å²) < 4.78 is 46.3. The molecule has 0 aliphatic carbocycles. The van der Waals surface area contributed by atoms with Crippen LogP contribution in [0, 0.1) is 6.92 Å². The lowest BCUT2D eigenvalue weighted by atomic mass is 10.1. The Morgan fingerprint density at radius 1 is 1.17 bits per heavy atom. The van der Waals surface area contributed by atoms with Crippen molar-refractivity contribution in [3.05, 3.63) is 57.7 Å². The van der Waals surface area contributed by atoms with Crippen LogP contribution in [0.25, 0.3) is 10.9 Å². The third kappa shape index (κ3) is 2.35. The van der Waals surface area contributed by atoms with Crippen LogP contribution in [-0.4, -0.2) is 4.57 Å². The summed E-state index contributed by atoms with van der Waals surface area (Å²) in [5, 5.41) is 1.42. The highest BCUT2D eigenvalue weighted by atomic mass is 35.5. The summed E-state index contributed by atoms with van der Waals surface area (Å²) >= 11 is 6.24. The molecule has 2 nitrogen and oxygen atoms in total. The maximum atomic E-state index is 13.1. The first kappa shape index (κ1) is 15.4. The number of fused-ring (bicyclic) bond motifs is 2. The highest BCUT2D eigenvalue weighted by Gasteiger charge is 2.32. The molecule has 0 saturated carbocycles. The Morgan fingerprint density at radius 3 is 2.62 bits per heavy atom. The van der Waals surface area contributed by atoms with E-state index in [0.29, 0.717) is 22.5 Å². The van der Waals surface area contributed by atoms with Gasteiger partial charge in [-0.15, -0.1) is 0 Å². The summed E-state index contributed by atoms with van der Waals surface area (Å²) in [6.45, 7) is 1.70. The van der Waals surface area contributed by atoms with Gasteiger partial charge in [0.25, 0.3) is 0 Å². The van der Waals surface area contributed by atoms with Crippen LogP contribution in [0.4, 0.5) is 13.2 Å². The zero-order chi connectivity index (χ0) is 17.2. The van der Waals surface area contributed by atoms with Gasteiger partial charge in [0.2, 0.25) is 0 Å². The van der Waals surface area contributed by atoms with Gasteiger partial charge in [-0.25, -0.2) is 0 Å². The second-order valence-electron chi connectivity index (χ2n) is 6.05. The molecule has 0 unspecified atom stereocenters. The molecule has 6 heteroatoms. The van der Waals surface area contributed by atoms with Gasteiger partial charge >= 0.3 is 6.18 Å². The van der Waals surface area contributed by atoms with E-state index in [1.807, 2.05) is 12.1 Å². The maximum Gasteiger partial charge on any atom is 0.416 e. The first-order valence-corrected chi connectivity index (χ1v) is 7.79. The SMILES string of the molecule is Cc1cc(C(F)(F)F)cc2c1cc(Cc1c(Cl)ccc3c1O3)n2C. The van der Waals surface area contributed by atoms with Gasteiger partial charge in [0.1, 0.15) is 0 Å². The molecule has 24 heavy (non-hydrogen) atoms. The number of hydrogen-bond acceptors (Lipinski definition) is 1. The molecule has 0 spiro atoms. The summed E-state index contributed by atoms with van der Waals surface area (Å²) in [5.41, 5.74) is 2.29. The van der Waals surface area contributed by atoms with E-state index in [4.69, 9.17) is 16.3 Å². The summed E-state index contributed by atoms with van der Waals surface area (Å²) in [5.74, 6) is 1.59. The molecule has 0 fully saturated rings. The molecule has 1 aliphatic rings. The van der Waals surface area contributed by atoms with Gasteiger partial charge in [0.15, 0.2) is 11.5 Å². The number of ether oxygens (including phenoxy) is 1. The molecular weight excluding hydrogens is 339 g/mol. The molecule has 0 atom stereocenters. The largest absolute Gasteiger partial charge is 0.449 e. The van der Waals surface area contributed by atoms with Crippen LogP contribution in [0.2, 0.25) is 5.02 Å². The molecule has 1 aromatic heterocycles. The summed E-state index contributed by atoms with van der Waals surface area (Å²) in [4.78, 5) is 0. The zero-order valence-corrected chi connectivity index (χ0v) is 13.7. The molecule has 124 valence electrons. The minimum atomic E-state index is -4.36. The van der Waals surface area contributed by atoms with Crippen molar-refractivity contribution < 1.29 is 17.9 Å². The van der Waals surface area contributed by atoms with Crippen molar-refractivity contribution in [1.82, 2.24) is 4.57 Å². The van der Waals surface area contributed by atoms with E-state index >= 15 is 0 Å². The summed E-state index contributed by atoms with van der Waals surface area (Å²) in [6, 6.07) is 7.89. The first-order valence-electron chi connectivity index (χ1n) is 7.41. The van der Waals surface area contributed by atoms with Crippen LogP contribution in [0.5, 0.6) is 11.5 Å². The van der Waals surface area contributed by atoms with Gasteiger partial charge in [-0.1, -0.05) is 11.6 Å². The Hall–Kier alpha value is -2.14. The van der Waals surface area contributed by atoms with E-state index in [9.17, 15) is 13.2 Å². The summed E-state index contributed by atoms with van der Waals surface area (Å²) in [6.07, 6.45) is -3.85. The number of benzene rings is 2. The Balaban J connectivity index is 1.83. The predicted molar refractivity (Wildman–Crippen MR) is 87.0 cm³/mol. The highest BCUT2D eigenvalue weighted by Crippen LogP contribution is 2.51. The van der Waals surface area contributed by atoms with Crippen molar-refractivity contribution >= 4 is 22.5 Å². The van der Waals surface area contributed by atoms with Crippen molar-refractivity contribution in [1.29, 1.82) is 0 Å². The smallest absolute Gasteiger partial charge is 0.416 e. The number of nitrogens with zero attached hydrogens (tertiary/aromatic N) is 1. The van der Waals surface area contributed by atoms with Crippen molar-refractivity contribution in [2.24, 2.45) is 7.05 Å². The lowest BCUT2D eigenvalue weighted by Crippen LogP contribution is -2.06. The number of alkyl halides is 3. The molecule has 3 aromatic rings. The lowest BCUT2D eigenvalue weighted by Gasteiger charge is -2.10.